The zero-order chi connectivity index (χ0) is 28.3. The van der Waals surface area contributed by atoms with E-state index in [2.05, 4.69) is 20.9 Å². The van der Waals surface area contributed by atoms with Gasteiger partial charge in [0.25, 0.3) is 5.91 Å². The molecule has 0 radical (unpaired) electrons. The van der Waals surface area contributed by atoms with Crippen LogP contribution in [0.4, 0.5) is 0 Å². The van der Waals surface area contributed by atoms with Crippen molar-refractivity contribution in [3.63, 3.8) is 0 Å². The van der Waals surface area contributed by atoms with Gasteiger partial charge < -0.3 is 35.6 Å². The smallest absolute Gasteiger partial charge is 0.263 e. The number of amides is 3. The molecule has 0 bridgehead atoms. The molecule has 12 nitrogen and oxygen atoms in total. The van der Waals surface area contributed by atoms with Gasteiger partial charge in [0.1, 0.15) is 22.6 Å². The number of Topliss-reactive ketones (excluding diaryl/α,β-unsaturated/α-hetero) is 1. The van der Waals surface area contributed by atoms with Crippen LogP contribution in [0.3, 0.4) is 0 Å². The first-order valence-corrected chi connectivity index (χ1v) is 12.6. The van der Waals surface area contributed by atoms with Crippen molar-refractivity contribution in [3.05, 3.63) is 52.0 Å². The van der Waals surface area contributed by atoms with Gasteiger partial charge >= 0.3 is 0 Å². The van der Waals surface area contributed by atoms with Gasteiger partial charge in [-0.05, 0) is 25.8 Å². The Morgan fingerprint density at radius 3 is 2.03 bits per heavy atom. The number of aliphatic hydroxyl groups excluding tert-OH is 1. The topological polar surface area (TPSA) is 176 Å². The SMILES string of the molecule is COC[C@H](NC(=O)c1cnc(C)s1)C(=O)N[C@@H](COC)C(=O)N[C@@H](Cc1ccccc1)C(=O)C(C)(O)CO. The predicted octanol–water partition coefficient (Wildman–Crippen LogP) is -0.633. The van der Waals surface area contributed by atoms with E-state index in [1.165, 1.54) is 20.4 Å². The van der Waals surface area contributed by atoms with Gasteiger partial charge in [0.15, 0.2) is 5.78 Å². The van der Waals surface area contributed by atoms with E-state index in [4.69, 9.17) is 9.47 Å². The number of benzene rings is 1. The Bertz CT molecular complexity index is 1090. The Morgan fingerprint density at radius 2 is 1.53 bits per heavy atom. The van der Waals surface area contributed by atoms with Gasteiger partial charge in [0.05, 0.1) is 37.1 Å². The molecule has 0 saturated heterocycles. The second-order valence-electron chi connectivity index (χ2n) is 8.79. The zero-order valence-electron chi connectivity index (χ0n) is 21.7. The molecule has 38 heavy (non-hydrogen) atoms. The number of nitrogens with one attached hydrogen (secondary N) is 3. The Balaban J connectivity index is 2.18. The van der Waals surface area contributed by atoms with E-state index < -0.39 is 53.8 Å². The molecule has 208 valence electrons. The summed E-state index contributed by atoms with van der Waals surface area (Å²) in [5.41, 5.74) is -1.40. The molecule has 13 heteroatoms. The van der Waals surface area contributed by atoms with E-state index in [0.29, 0.717) is 15.4 Å². The summed E-state index contributed by atoms with van der Waals surface area (Å²) in [6.45, 7) is 1.62. The summed E-state index contributed by atoms with van der Waals surface area (Å²) < 4.78 is 10.2. The minimum Gasteiger partial charge on any atom is -0.393 e. The summed E-state index contributed by atoms with van der Waals surface area (Å²) in [5, 5.41) is 28.1. The van der Waals surface area contributed by atoms with Crippen LogP contribution in [0.5, 0.6) is 0 Å². The van der Waals surface area contributed by atoms with E-state index >= 15 is 0 Å². The molecule has 0 aliphatic heterocycles. The van der Waals surface area contributed by atoms with Crippen molar-refractivity contribution in [3.8, 4) is 0 Å². The average molecular weight is 551 g/mol. The molecule has 1 aromatic heterocycles. The highest BCUT2D eigenvalue weighted by Gasteiger charge is 2.37. The maximum absolute atomic E-state index is 13.2. The third-order valence-corrected chi connectivity index (χ3v) is 6.43. The van der Waals surface area contributed by atoms with Crippen LogP contribution < -0.4 is 16.0 Å². The monoisotopic (exact) mass is 550 g/mol. The van der Waals surface area contributed by atoms with Crippen LogP contribution in [0.15, 0.2) is 36.5 Å². The summed E-state index contributed by atoms with van der Waals surface area (Å²) in [4.78, 5) is 56.1. The first kappa shape index (κ1) is 31.0. The number of aryl methyl sites for hydroxylation is 1. The zero-order valence-corrected chi connectivity index (χ0v) is 22.5. The Labute approximate surface area is 224 Å². The Morgan fingerprint density at radius 1 is 0.974 bits per heavy atom. The molecule has 0 aliphatic rings. The molecule has 0 fully saturated rings. The number of hydrogen-bond acceptors (Lipinski definition) is 10. The maximum atomic E-state index is 13.2. The van der Waals surface area contributed by atoms with Crippen molar-refractivity contribution in [1.29, 1.82) is 0 Å². The summed E-state index contributed by atoms with van der Waals surface area (Å²) >= 11 is 1.16. The Hall–Kier alpha value is -3.23. The van der Waals surface area contributed by atoms with E-state index in [1.54, 1.807) is 37.3 Å². The molecule has 1 heterocycles. The normalized spacial score (nSPS) is 15.0. The lowest BCUT2D eigenvalue weighted by Crippen LogP contribution is -2.60. The van der Waals surface area contributed by atoms with Crippen molar-refractivity contribution in [2.45, 2.75) is 44.0 Å². The van der Waals surface area contributed by atoms with Crippen LogP contribution in [0.1, 0.15) is 27.2 Å². The van der Waals surface area contributed by atoms with E-state index in [1.807, 2.05) is 0 Å². The van der Waals surface area contributed by atoms with Crippen LogP contribution >= 0.6 is 11.3 Å². The molecular weight excluding hydrogens is 516 g/mol. The predicted molar refractivity (Wildman–Crippen MR) is 139 cm³/mol. The Kier molecular flexibility index (Phi) is 11.9. The fourth-order valence-electron chi connectivity index (χ4n) is 3.45. The first-order valence-electron chi connectivity index (χ1n) is 11.8. The van der Waals surface area contributed by atoms with Gasteiger partial charge in [-0.3, -0.25) is 19.2 Å². The standard InChI is InChI=1S/C25H34N4O8S/c1-15-26-11-20(38-15)24(34)29-19(13-37-4)23(33)28-18(12-36-3)22(32)27-17(21(31)25(2,35)14-30)10-16-8-6-5-7-9-16/h5-9,11,17-19,30,35H,10,12-14H2,1-4H3,(H,27,32)(H,28,33)(H,29,34)/t17-,18-,19-,25?/m0/s1. The number of ketones is 1. The van der Waals surface area contributed by atoms with E-state index in [9.17, 15) is 29.4 Å². The highest BCUT2D eigenvalue weighted by Crippen LogP contribution is 2.13. The van der Waals surface area contributed by atoms with Gasteiger partial charge in [-0.25, -0.2) is 4.98 Å². The van der Waals surface area contributed by atoms with E-state index in [-0.39, 0.29) is 19.6 Å². The summed E-state index contributed by atoms with van der Waals surface area (Å²) in [6, 6.07) is 5.20. The lowest BCUT2D eigenvalue weighted by Gasteiger charge is -2.28. The number of thiazole rings is 1. The van der Waals surface area contributed by atoms with Gasteiger partial charge in [0, 0.05) is 14.2 Å². The number of methoxy groups -OCH3 is 2. The largest absolute Gasteiger partial charge is 0.393 e. The molecule has 2 rings (SSSR count). The molecule has 4 atom stereocenters. The van der Waals surface area contributed by atoms with Crippen LogP contribution in [-0.2, 0) is 30.3 Å². The van der Waals surface area contributed by atoms with Crippen molar-refractivity contribution in [1.82, 2.24) is 20.9 Å². The molecule has 1 unspecified atom stereocenters. The maximum Gasteiger partial charge on any atom is 0.263 e. The van der Waals surface area contributed by atoms with E-state index in [0.717, 1.165) is 18.3 Å². The quantitative estimate of drug-likeness (QED) is 0.193. The minimum atomic E-state index is -2.10. The first-order chi connectivity index (χ1) is 18.0. The number of carbonyl (C=O) groups is 4. The summed E-state index contributed by atoms with van der Waals surface area (Å²) in [7, 11) is 2.69. The summed E-state index contributed by atoms with van der Waals surface area (Å²) in [5.74, 6) is -2.81. The van der Waals surface area contributed by atoms with Gasteiger partial charge in [-0.15, -0.1) is 11.3 Å². The van der Waals surface area contributed by atoms with Crippen LogP contribution in [0, 0.1) is 6.92 Å². The van der Waals surface area contributed by atoms with Gasteiger partial charge in [-0.1, -0.05) is 30.3 Å². The van der Waals surface area contributed by atoms with Crippen molar-refractivity contribution < 1.29 is 38.9 Å². The van der Waals surface area contributed by atoms with Crippen molar-refractivity contribution in [2.75, 3.05) is 34.0 Å². The van der Waals surface area contributed by atoms with Gasteiger partial charge in [-0.2, -0.15) is 0 Å². The molecule has 0 saturated carbocycles. The molecule has 2 aromatic rings. The van der Waals surface area contributed by atoms with Crippen LogP contribution in [-0.4, -0.2) is 96.5 Å². The minimum absolute atomic E-state index is 0.0336. The third-order valence-electron chi connectivity index (χ3n) is 5.52. The third kappa shape index (κ3) is 8.96. The average Bonchev–Trinajstić information content (AvgIpc) is 3.34. The second kappa shape index (κ2) is 14.6. The number of aliphatic hydroxyl groups is 2. The number of nitrogens with zero attached hydrogens (tertiary/aromatic N) is 1. The lowest BCUT2D eigenvalue weighted by molar-refractivity contribution is -0.144. The molecule has 0 aliphatic carbocycles. The molecule has 0 spiro atoms. The van der Waals surface area contributed by atoms with Crippen LogP contribution in [0.2, 0.25) is 0 Å². The number of rotatable bonds is 15. The van der Waals surface area contributed by atoms with Crippen molar-refractivity contribution >= 4 is 34.8 Å². The number of ether oxygens (including phenoxy) is 2. The second-order valence-corrected chi connectivity index (χ2v) is 10.0. The molecular formula is C25H34N4O8S. The van der Waals surface area contributed by atoms with Gasteiger partial charge in [0.2, 0.25) is 11.8 Å². The lowest BCUT2D eigenvalue weighted by atomic mass is 9.91. The fraction of sp³-hybridized carbons (Fsp3) is 0.480. The van der Waals surface area contributed by atoms with Crippen molar-refractivity contribution in [2.24, 2.45) is 0 Å². The highest BCUT2D eigenvalue weighted by molar-refractivity contribution is 7.13. The summed E-state index contributed by atoms with van der Waals surface area (Å²) in [6.07, 6.45) is 1.43. The van der Waals surface area contributed by atoms with Crippen LogP contribution in [0.25, 0.3) is 0 Å². The fourth-order valence-corrected chi connectivity index (χ4v) is 4.13. The molecule has 1 aromatic carbocycles. The molecule has 5 N–H and O–H groups in total. The number of aromatic nitrogens is 1. The number of hydrogen-bond donors (Lipinski definition) is 5. The highest BCUT2D eigenvalue weighted by atomic mass is 32.1. The molecule has 3 amide bonds. The number of carbonyl (C=O) groups excluding carboxylic acids is 4.